The molecule has 5 nitrogen and oxygen atoms in total. The molecule has 0 amide bonds. The summed E-state index contributed by atoms with van der Waals surface area (Å²) in [7, 11) is 0. The van der Waals surface area contributed by atoms with Crippen molar-refractivity contribution in [1.82, 2.24) is 5.32 Å². The monoisotopic (exact) mass is 229 g/mol. The van der Waals surface area contributed by atoms with Crippen molar-refractivity contribution < 1.29 is 19.1 Å². The summed E-state index contributed by atoms with van der Waals surface area (Å²) in [5.74, 6) is -0.676. The molecule has 2 unspecified atom stereocenters. The maximum atomic E-state index is 11.5. The lowest BCUT2D eigenvalue weighted by Gasteiger charge is -2.27. The van der Waals surface area contributed by atoms with Crippen molar-refractivity contribution >= 4 is 11.9 Å². The Morgan fingerprint density at radius 3 is 2.44 bits per heavy atom. The van der Waals surface area contributed by atoms with Gasteiger partial charge in [-0.15, -0.1) is 0 Å². The Hall–Kier alpha value is -1.10. The number of ether oxygens (including phenoxy) is 2. The fraction of sp³-hybridized carbons (Fsp3) is 0.818. The zero-order valence-corrected chi connectivity index (χ0v) is 9.82. The van der Waals surface area contributed by atoms with E-state index in [1.54, 1.807) is 13.8 Å². The zero-order chi connectivity index (χ0) is 12.0. The number of hydrogen-bond acceptors (Lipinski definition) is 5. The molecule has 5 heteroatoms. The van der Waals surface area contributed by atoms with Crippen molar-refractivity contribution in [3.05, 3.63) is 0 Å². The average molecular weight is 229 g/mol. The van der Waals surface area contributed by atoms with Crippen molar-refractivity contribution in [3.8, 4) is 0 Å². The summed E-state index contributed by atoms with van der Waals surface area (Å²) in [5, 5.41) is 3.05. The molecule has 0 aliphatic carbocycles. The molecule has 1 aliphatic rings. The Morgan fingerprint density at radius 2 is 1.81 bits per heavy atom. The number of nitrogens with one attached hydrogen (secondary N) is 1. The quantitative estimate of drug-likeness (QED) is 0.710. The van der Waals surface area contributed by atoms with Gasteiger partial charge in [0.25, 0.3) is 0 Å². The average Bonchev–Trinajstić information content (AvgIpc) is 2.30. The zero-order valence-electron chi connectivity index (χ0n) is 9.82. The van der Waals surface area contributed by atoms with Gasteiger partial charge in [0.05, 0.1) is 19.1 Å². The molecule has 0 spiro atoms. The molecule has 0 radical (unpaired) electrons. The molecule has 92 valence electrons. The van der Waals surface area contributed by atoms with Crippen molar-refractivity contribution in [2.24, 2.45) is 5.92 Å². The molecule has 1 rings (SSSR count). The standard InChI is InChI=1S/C11H19NO4/c1-3-15-10(13)8-5-6-12-9(7-8)11(14)16-4-2/h8-9,12H,3-7H2,1-2H3. The topological polar surface area (TPSA) is 64.6 Å². The van der Waals surface area contributed by atoms with E-state index in [0.29, 0.717) is 26.2 Å². The van der Waals surface area contributed by atoms with Crippen LogP contribution in [0.15, 0.2) is 0 Å². The van der Waals surface area contributed by atoms with Crippen LogP contribution in [0.3, 0.4) is 0 Å². The van der Waals surface area contributed by atoms with Crippen molar-refractivity contribution in [1.29, 1.82) is 0 Å². The van der Waals surface area contributed by atoms with E-state index in [4.69, 9.17) is 9.47 Å². The Balaban J connectivity index is 2.46. The van der Waals surface area contributed by atoms with Crippen LogP contribution in [0.1, 0.15) is 26.7 Å². The molecule has 2 atom stereocenters. The van der Waals surface area contributed by atoms with E-state index in [2.05, 4.69) is 5.32 Å². The van der Waals surface area contributed by atoms with Crippen LogP contribution < -0.4 is 5.32 Å². The molecule has 1 heterocycles. The summed E-state index contributed by atoms with van der Waals surface area (Å²) < 4.78 is 9.87. The smallest absolute Gasteiger partial charge is 0.323 e. The summed E-state index contributed by atoms with van der Waals surface area (Å²) in [6.45, 7) is 4.94. The Labute approximate surface area is 95.5 Å². The number of carbonyl (C=O) groups excluding carboxylic acids is 2. The lowest BCUT2D eigenvalue weighted by molar-refractivity contribution is -0.152. The normalized spacial score (nSPS) is 24.9. The first kappa shape index (κ1) is 13.0. The fourth-order valence-corrected chi connectivity index (χ4v) is 1.81. The molecule has 1 aliphatic heterocycles. The second kappa shape index (κ2) is 6.48. The molecular formula is C11H19NO4. The molecule has 0 aromatic heterocycles. The lowest BCUT2D eigenvalue weighted by atomic mass is 9.92. The lowest BCUT2D eigenvalue weighted by Crippen LogP contribution is -2.46. The van der Waals surface area contributed by atoms with Gasteiger partial charge in [0.2, 0.25) is 0 Å². The Kier molecular flexibility index (Phi) is 5.25. The van der Waals surface area contributed by atoms with Crippen LogP contribution >= 0.6 is 0 Å². The molecule has 1 saturated heterocycles. The van der Waals surface area contributed by atoms with Gasteiger partial charge in [-0.3, -0.25) is 9.59 Å². The number of piperidine rings is 1. The molecule has 0 aromatic carbocycles. The van der Waals surface area contributed by atoms with Gasteiger partial charge < -0.3 is 14.8 Å². The molecule has 16 heavy (non-hydrogen) atoms. The van der Waals surface area contributed by atoms with E-state index in [1.807, 2.05) is 0 Å². The van der Waals surface area contributed by atoms with Gasteiger partial charge in [-0.2, -0.15) is 0 Å². The fourth-order valence-electron chi connectivity index (χ4n) is 1.81. The van der Waals surface area contributed by atoms with E-state index in [1.165, 1.54) is 0 Å². The van der Waals surface area contributed by atoms with Crippen LogP contribution in [0.4, 0.5) is 0 Å². The summed E-state index contributed by atoms with van der Waals surface area (Å²) in [6.07, 6.45) is 1.19. The first-order valence-corrected chi connectivity index (χ1v) is 5.75. The van der Waals surface area contributed by atoms with Gasteiger partial charge in [0, 0.05) is 0 Å². The van der Waals surface area contributed by atoms with E-state index in [0.717, 1.165) is 6.42 Å². The Bertz CT molecular complexity index is 230. The number of hydrogen-bond donors (Lipinski definition) is 1. The molecule has 0 aromatic rings. The summed E-state index contributed by atoms with van der Waals surface area (Å²) in [5.41, 5.74) is 0. The van der Waals surface area contributed by atoms with E-state index >= 15 is 0 Å². The predicted molar refractivity (Wildman–Crippen MR) is 57.8 cm³/mol. The summed E-state index contributed by atoms with van der Waals surface area (Å²) in [6, 6.07) is -0.372. The number of carbonyl (C=O) groups is 2. The number of esters is 2. The SMILES string of the molecule is CCOC(=O)C1CCNC(C(=O)OCC)C1. The highest BCUT2D eigenvalue weighted by Crippen LogP contribution is 2.18. The second-order valence-corrected chi connectivity index (χ2v) is 3.73. The van der Waals surface area contributed by atoms with Gasteiger partial charge in [-0.05, 0) is 33.2 Å². The van der Waals surface area contributed by atoms with E-state index in [9.17, 15) is 9.59 Å². The highest BCUT2D eigenvalue weighted by atomic mass is 16.5. The van der Waals surface area contributed by atoms with Gasteiger partial charge in [-0.1, -0.05) is 0 Å². The van der Waals surface area contributed by atoms with Gasteiger partial charge in [0.15, 0.2) is 0 Å². The molecular weight excluding hydrogens is 210 g/mol. The highest BCUT2D eigenvalue weighted by molar-refractivity contribution is 5.78. The Morgan fingerprint density at radius 1 is 1.19 bits per heavy atom. The maximum Gasteiger partial charge on any atom is 0.323 e. The minimum Gasteiger partial charge on any atom is -0.466 e. The molecule has 0 bridgehead atoms. The van der Waals surface area contributed by atoms with Crippen LogP contribution in [0, 0.1) is 5.92 Å². The van der Waals surface area contributed by atoms with Crippen LogP contribution in [0.2, 0.25) is 0 Å². The molecule has 1 fully saturated rings. The van der Waals surface area contributed by atoms with Crippen molar-refractivity contribution in [2.45, 2.75) is 32.7 Å². The number of rotatable bonds is 4. The second-order valence-electron chi connectivity index (χ2n) is 3.73. The minimum atomic E-state index is -0.372. The van der Waals surface area contributed by atoms with Crippen LogP contribution in [-0.2, 0) is 19.1 Å². The van der Waals surface area contributed by atoms with E-state index < -0.39 is 0 Å². The third-order valence-corrected chi connectivity index (χ3v) is 2.59. The summed E-state index contributed by atoms with van der Waals surface area (Å²) >= 11 is 0. The van der Waals surface area contributed by atoms with Crippen molar-refractivity contribution in [3.63, 3.8) is 0 Å². The molecule has 0 saturated carbocycles. The van der Waals surface area contributed by atoms with Crippen LogP contribution in [-0.4, -0.2) is 37.7 Å². The van der Waals surface area contributed by atoms with Gasteiger partial charge >= 0.3 is 11.9 Å². The highest BCUT2D eigenvalue weighted by Gasteiger charge is 2.32. The summed E-state index contributed by atoms with van der Waals surface area (Å²) in [4.78, 5) is 23.0. The van der Waals surface area contributed by atoms with Gasteiger partial charge in [-0.25, -0.2) is 0 Å². The van der Waals surface area contributed by atoms with E-state index in [-0.39, 0.29) is 23.9 Å². The van der Waals surface area contributed by atoms with Crippen LogP contribution in [0.5, 0.6) is 0 Å². The predicted octanol–water partition coefficient (Wildman–Crippen LogP) is 0.481. The third kappa shape index (κ3) is 3.48. The first-order chi connectivity index (χ1) is 7.69. The van der Waals surface area contributed by atoms with Crippen LogP contribution in [0.25, 0.3) is 0 Å². The maximum absolute atomic E-state index is 11.5. The van der Waals surface area contributed by atoms with Crippen molar-refractivity contribution in [2.75, 3.05) is 19.8 Å². The van der Waals surface area contributed by atoms with Gasteiger partial charge in [0.1, 0.15) is 6.04 Å². The molecule has 1 N–H and O–H groups in total. The largest absolute Gasteiger partial charge is 0.466 e. The third-order valence-electron chi connectivity index (χ3n) is 2.59. The minimum absolute atomic E-state index is 0.185. The first-order valence-electron chi connectivity index (χ1n) is 5.75.